The first-order valence-corrected chi connectivity index (χ1v) is 7.18. The van der Waals surface area contributed by atoms with Gasteiger partial charge in [0, 0.05) is 12.5 Å². The molecule has 0 aliphatic heterocycles. The third kappa shape index (κ3) is 4.33. The van der Waals surface area contributed by atoms with Gasteiger partial charge in [0.15, 0.2) is 5.16 Å². The van der Waals surface area contributed by atoms with Gasteiger partial charge in [-0.3, -0.25) is 4.79 Å². The molecule has 1 N–H and O–H groups in total. The molecule has 0 fully saturated rings. The van der Waals surface area contributed by atoms with Crippen LogP contribution in [-0.2, 0) is 11.3 Å². The van der Waals surface area contributed by atoms with Gasteiger partial charge in [0.2, 0.25) is 0 Å². The van der Waals surface area contributed by atoms with Crippen LogP contribution in [0.15, 0.2) is 5.16 Å². The van der Waals surface area contributed by atoms with E-state index in [0.717, 1.165) is 18.8 Å². The predicted molar refractivity (Wildman–Crippen MR) is 71.9 cm³/mol. The molecule has 0 aliphatic rings. The summed E-state index contributed by atoms with van der Waals surface area (Å²) in [7, 11) is 0. The molecule has 1 heterocycles. The minimum absolute atomic E-state index is 0.0257. The van der Waals surface area contributed by atoms with Crippen LogP contribution >= 0.6 is 11.8 Å². The number of thioether (sulfide) groups is 1. The van der Waals surface area contributed by atoms with Gasteiger partial charge in [0.05, 0.1) is 5.75 Å². The Balaban J connectivity index is 2.84. The van der Waals surface area contributed by atoms with E-state index in [1.165, 1.54) is 11.8 Å². The Bertz CT molecular complexity index is 402. The summed E-state index contributed by atoms with van der Waals surface area (Å²) in [6, 6.07) is 0. The molecule has 1 aromatic heterocycles. The molecule has 1 aromatic rings. The number of carboxylic acid groups (broad SMARTS) is 1. The van der Waals surface area contributed by atoms with Crippen molar-refractivity contribution in [1.29, 1.82) is 0 Å². The third-order valence-electron chi connectivity index (χ3n) is 2.52. The standard InChI is InChI=1S/C12H21N3O2S/c1-8(2)5-6-15-11(9(3)4)13-14-12(15)18-7-10(16)17/h8-9H,5-7H2,1-4H3,(H,16,17). The molecule has 18 heavy (non-hydrogen) atoms. The second kappa shape index (κ2) is 6.78. The molecule has 0 unspecified atom stereocenters. The number of hydrogen-bond donors (Lipinski definition) is 1. The van der Waals surface area contributed by atoms with Crippen LogP contribution in [0.1, 0.15) is 45.9 Å². The molecule has 5 nitrogen and oxygen atoms in total. The predicted octanol–water partition coefficient (Wildman–Crippen LogP) is 2.62. The van der Waals surface area contributed by atoms with Gasteiger partial charge in [-0.2, -0.15) is 0 Å². The van der Waals surface area contributed by atoms with E-state index in [1.54, 1.807) is 0 Å². The number of rotatable bonds is 7. The third-order valence-corrected chi connectivity index (χ3v) is 3.47. The first-order valence-electron chi connectivity index (χ1n) is 6.19. The molecule has 102 valence electrons. The van der Waals surface area contributed by atoms with Gasteiger partial charge >= 0.3 is 5.97 Å². The summed E-state index contributed by atoms with van der Waals surface area (Å²) >= 11 is 1.23. The Morgan fingerprint density at radius 2 is 2.00 bits per heavy atom. The highest BCUT2D eigenvalue weighted by Gasteiger charge is 2.16. The fourth-order valence-corrected chi connectivity index (χ4v) is 2.25. The van der Waals surface area contributed by atoms with Crippen molar-refractivity contribution < 1.29 is 9.90 Å². The van der Waals surface area contributed by atoms with E-state index in [1.807, 2.05) is 0 Å². The average molecular weight is 271 g/mol. The van der Waals surface area contributed by atoms with Gasteiger partial charge in [0.25, 0.3) is 0 Å². The van der Waals surface area contributed by atoms with Gasteiger partial charge in [-0.15, -0.1) is 10.2 Å². The molecule has 1 rings (SSSR count). The Hall–Kier alpha value is -1.04. The lowest BCUT2D eigenvalue weighted by Crippen LogP contribution is -2.09. The Morgan fingerprint density at radius 1 is 1.33 bits per heavy atom. The number of nitrogens with zero attached hydrogens (tertiary/aromatic N) is 3. The van der Waals surface area contributed by atoms with Gasteiger partial charge in [-0.05, 0) is 12.3 Å². The van der Waals surface area contributed by atoms with Crippen molar-refractivity contribution in [2.45, 2.75) is 51.7 Å². The summed E-state index contributed by atoms with van der Waals surface area (Å²) in [5.74, 6) is 1.03. The molecule has 0 spiro atoms. The first kappa shape index (κ1) is 15.0. The van der Waals surface area contributed by atoms with Crippen molar-refractivity contribution in [1.82, 2.24) is 14.8 Å². The number of carbonyl (C=O) groups is 1. The highest BCUT2D eigenvalue weighted by Crippen LogP contribution is 2.22. The maximum absolute atomic E-state index is 10.6. The molecule has 0 aliphatic carbocycles. The fraction of sp³-hybridized carbons (Fsp3) is 0.750. The summed E-state index contributed by atoms with van der Waals surface area (Å²) in [5, 5.41) is 17.7. The molecule has 0 amide bonds. The second-order valence-corrected chi connectivity index (χ2v) is 5.95. The molecular formula is C12H21N3O2S. The molecule has 0 radical (unpaired) electrons. The summed E-state index contributed by atoms with van der Waals surface area (Å²) in [5.41, 5.74) is 0. The fourth-order valence-electron chi connectivity index (χ4n) is 1.56. The van der Waals surface area contributed by atoms with Crippen LogP contribution in [0.5, 0.6) is 0 Å². The topological polar surface area (TPSA) is 68.0 Å². The van der Waals surface area contributed by atoms with Crippen LogP contribution in [-0.4, -0.2) is 31.6 Å². The number of hydrogen-bond acceptors (Lipinski definition) is 4. The van der Waals surface area contributed by atoms with Gasteiger partial charge in [-0.25, -0.2) is 0 Å². The van der Waals surface area contributed by atoms with Crippen molar-refractivity contribution >= 4 is 17.7 Å². The number of aromatic nitrogens is 3. The summed E-state index contributed by atoms with van der Waals surface area (Å²) in [6.45, 7) is 9.33. The quantitative estimate of drug-likeness (QED) is 0.772. The maximum Gasteiger partial charge on any atom is 0.313 e. The zero-order valence-corrected chi connectivity index (χ0v) is 12.2. The van der Waals surface area contributed by atoms with E-state index in [-0.39, 0.29) is 5.75 Å². The van der Waals surface area contributed by atoms with Crippen LogP contribution in [0.2, 0.25) is 0 Å². The normalized spacial score (nSPS) is 11.4. The van der Waals surface area contributed by atoms with E-state index in [2.05, 4.69) is 42.5 Å². The summed E-state index contributed by atoms with van der Waals surface area (Å²) < 4.78 is 2.05. The molecular weight excluding hydrogens is 250 g/mol. The lowest BCUT2D eigenvalue weighted by Gasteiger charge is -2.12. The van der Waals surface area contributed by atoms with Crippen LogP contribution < -0.4 is 0 Å². The first-order chi connectivity index (χ1) is 8.41. The van der Waals surface area contributed by atoms with E-state index >= 15 is 0 Å². The monoisotopic (exact) mass is 271 g/mol. The van der Waals surface area contributed by atoms with Gasteiger partial charge in [-0.1, -0.05) is 39.5 Å². The minimum atomic E-state index is -0.829. The molecule has 0 aromatic carbocycles. The zero-order valence-electron chi connectivity index (χ0n) is 11.4. The Morgan fingerprint density at radius 3 is 2.50 bits per heavy atom. The smallest absolute Gasteiger partial charge is 0.313 e. The van der Waals surface area contributed by atoms with Crippen molar-refractivity contribution in [3.05, 3.63) is 5.82 Å². The highest BCUT2D eigenvalue weighted by molar-refractivity contribution is 7.99. The average Bonchev–Trinajstić information content (AvgIpc) is 2.66. The molecule has 0 saturated carbocycles. The summed E-state index contributed by atoms with van der Waals surface area (Å²) in [6.07, 6.45) is 1.04. The van der Waals surface area contributed by atoms with Crippen LogP contribution in [0.4, 0.5) is 0 Å². The van der Waals surface area contributed by atoms with Crippen LogP contribution in [0, 0.1) is 5.92 Å². The second-order valence-electron chi connectivity index (χ2n) is 5.01. The van der Waals surface area contributed by atoms with Crippen LogP contribution in [0.25, 0.3) is 0 Å². The SMILES string of the molecule is CC(C)CCn1c(SCC(=O)O)nnc1C(C)C. The zero-order chi connectivity index (χ0) is 13.7. The minimum Gasteiger partial charge on any atom is -0.481 e. The van der Waals surface area contributed by atoms with Crippen molar-refractivity contribution in [3.8, 4) is 0 Å². The van der Waals surface area contributed by atoms with Crippen molar-refractivity contribution in [2.24, 2.45) is 5.92 Å². The highest BCUT2D eigenvalue weighted by atomic mass is 32.2. The summed E-state index contributed by atoms with van der Waals surface area (Å²) in [4.78, 5) is 10.6. The van der Waals surface area contributed by atoms with Crippen molar-refractivity contribution in [2.75, 3.05) is 5.75 Å². The molecule has 0 bridgehead atoms. The largest absolute Gasteiger partial charge is 0.481 e. The van der Waals surface area contributed by atoms with Gasteiger partial charge in [0.1, 0.15) is 5.82 Å². The van der Waals surface area contributed by atoms with Crippen molar-refractivity contribution in [3.63, 3.8) is 0 Å². The molecule has 6 heteroatoms. The van der Waals surface area contributed by atoms with Gasteiger partial charge < -0.3 is 9.67 Å². The lowest BCUT2D eigenvalue weighted by atomic mass is 10.1. The Labute approximate surface area is 112 Å². The number of carboxylic acids is 1. The number of aliphatic carboxylic acids is 1. The van der Waals surface area contributed by atoms with Crippen LogP contribution in [0.3, 0.4) is 0 Å². The maximum atomic E-state index is 10.6. The van der Waals surface area contributed by atoms with E-state index in [9.17, 15) is 4.79 Å². The van der Waals surface area contributed by atoms with E-state index in [4.69, 9.17) is 5.11 Å². The molecule has 0 atom stereocenters. The van der Waals surface area contributed by atoms with E-state index in [0.29, 0.717) is 17.0 Å². The Kier molecular flexibility index (Phi) is 5.65. The van der Waals surface area contributed by atoms with E-state index < -0.39 is 5.97 Å². The lowest BCUT2D eigenvalue weighted by molar-refractivity contribution is -0.133. The molecule has 0 saturated heterocycles.